The van der Waals surface area contributed by atoms with Crippen LogP contribution in [0.3, 0.4) is 0 Å². The maximum atomic E-state index is 10.5. The van der Waals surface area contributed by atoms with Crippen molar-refractivity contribution in [3.8, 4) is 0 Å². The van der Waals surface area contributed by atoms with Gasteiger partial charge in [-0.25, -0.2) is 0 Å². The van der Waals surface area contributed by atoms with Crippen LogP contribution in [0, 0.1) is 13.7 Å². The summed E-state index contributed by atoms with van der Waals surface area (Å²) in [5.74, 6) is 0. The number of non-ortho nitro benzene ring substituents is 1. The summed E-state index contributed by atoms with van der Waals surface area (Å²) in [7, 11) is 0. The molecule has 0 aromatic heterocycles. The Bertz CT molecular complexity index is 353. The minimum absolute atomic E-state index is 0.0740. The number of hydrogen-bond acceptors (Lipinski definition) is 3. The normalized spacial score (nSPS) is 12.5. The maximum absolute atomic E-state index is 10.5. The quantitative estimate of drug-likeness (QED) is 0.528. The summed E-state index contributed by atoms with van der Waals surface area (Å²) in [6, 6.07) is 4.92. The SMILES string of the molecule is CC(N)Cc1ccc([N+](=O)[O-])cc1I. The summed E-state index contributed by atoms with van der Waals surface area (Å²) in [6.45, 7) is 1.91. The third-order valence-corrected chi connectivity index (χ3v) is 2.79. The molecular weight excluding hydrogens is 295 g/mol. The van der Waals surface area contributed by atoms with E-state index in [-0.39, 0.29) is 11.7 Å². The lowest BCUT2D eigenvalue weighted by Gasteiger charge is -2.06. The fourth-order valence-corrected chi connectivity index (χ4v) is 1.88. The van der Waals surface area contributed by atoms with E-state index in [9.17, 15) is 10.1 Å². The van der Waals surface area contributed by atoms with Gasteiger partial charge in [0.05, 0.1) is 4.92 Å². The molecule has 0 aliphatic rings. The number of nitro benzene ring substituents is 1. The number of nitrogens with zero attached hydrogens (tertiary/aromatic N) is 1. The monoisotopic (exact) mass is 306 g/mol. The van der Waals surface area contributed by atoms with E-state index in [1.165, 1.54) is 6.07 Å². The van der Waals surface area contributed by atoms with Crippen molar-refractivity contribution in [2.24, 2.45) is 5.73 Å². The molecule has 0 aliphatic carbocycles. The lowest BCUT2D eigenvalue weighted by atomic mass is 10.1. The number of rotatable bonds is 3. The standard InChI is InChI=1S/C9H11IN2O2/c1-6(11)4-7-2-3-8(12(13)14)5-9(7)10/h2-3,5-6H,4,11H2,1H3. The zero-order chi connectivity index (χ0) is 10.7. The first-order valence-corrected chi connectivity index (χ1v) is 5.27. The van der Waals surface area contributed by atoms with Crippen molar-refractivity contribution in [3.63, 3.8) is 0 Å². The summed E-state index contributed by atoms with van der Waals surface area (Å²) in [5, 5.41) is 10.5. The Morgan fingerprint density at radius 3 is 2.71 bits per heavy atom. The Morgan fingerprint density at radius 1 is 1.64 bits per heavy atom. The Balaban J connectivity index is 2.95. The zero-order valence-electron chi connectivity index (χ0n) is 7.74. The molecule has 2 N–H and O–H groups in total. The largest absolute Gasteiger partial charge is 0.328 e. The smallest absolute Gasteiger partial charge is 0.270 e. The van der Waals surface area contributed by atoms with E-state index in [4.69, 9.17) is 5.73 Å². The minimum atomic E-state index is -0.391. The molecule has 76 valence electrons. The van der Waals surface area contributed by atoms with E-state index in [0.29, 0.717) is 0 Å². The van der Waals surface area contributed by atoms with Crippen LogP contribution in [0.15, 0.2) is 18.2 Å². The second-order valence-corrected chi connectivity index (χ2v) is 4.38. The molecule has 5 heteroatoms. The highest BCUT2D eigenvalue weighted by molar-refractivity contribution is 14.1. The van der Waals surface area contributed by atoms with Gasteiger partial charge < -0.3 is 5.73 Å². The van der Waals surface area contributed by atoms with Crippen LogP contribution < -0.4 is 5.73 Å². The molecule has 1 rings (SSSR count). The highest BCUT2D eigenvalue weighted by atomic mass is 127. The van der Waals surface area contributed by atoms with E-state index in [2.05, 4.69) is 22.6 Å². The van der Waals surface area contributed by atoms with E-state index >= 15 is 0 Å². The van der Waals surface area contributed by atoms with E-state index in [1.807, 2.05) is 6.92 Å². The lowest BCUT2D eigenvalue weighted by Crippen LogP contribution is -2.18. The summed E-state index contributed by atoms with van der Waals surface area (Å²) in [6.07, 6.45) is 0.746. The predicted octanol–water partition coefficient (Wildman–Crippen LogP) is 2.09. The van der Waals surface area contributed by atoms with Crippen molar-refractivity contribution in [1.82, 2.24) is 0 Å². The van der Waals surface area contributed by atoms with Crippen molar-refractivity contribution in [3.05, 3.63) is 37.4 Å². The third-order valence-electron chi connectivity index (χ3n) is 1.79. The summed E-state index contributed by atoms with van der Waals surface area (Å²) >= 11 is 2.09. The van der Waals surface area contributed by atoms with Crippen molar-refractivity contribution in [1.29, 1.82) is 0 Å². The summed E-state index contributed by atoms with van der Waals surface area (Å²) in [4.78, 5) is 10.1. The van der Waals surface area contributed by atoms with Gasteiger partial charge in [0.1, 0.15) is 0 Å². The highest BCUT2D eigenvalue weighted by Crippen LogP contribution is 2.20. The van der Waals surface area contributed by atoms with Gasteiger partial charge in [0, 0.05) is 21.7 Å². The first kappa shape index (κ1) is 11.4. The molecule has 0 saturated carbocycles. The Hall–Kier alpha value is -0.690. The highest BCUT2D eigenvalue weighted by Gasteiger charge is 2.09. The molecule has 0 fully saturated rings. The van der Waals surface area contributed by atoms with Crippen molar-refractivity contribution in [2.75, 3.05) is 0 Å². The molecule has 0 aliphatic heterocycles. The summed E-state index contributed by atoms with van der Waals surface area (Å²) in [5.41, 5.74) is 6.84. The van der Waals surface area contributed by atoms with Gasteiger partial charge in [0.15, 0.2) is 0 Å². The van der Waals surface area contributed by atoms with Crippen LogP contribution >= 0.6 is 22.6 Å². The molecule has 1 aromatic rings. The fraction of sp³-hybridized carbons (Fsp3) is 0.333. The number of halogens is 1. The van der Waals surface area contributed by atoms with Gasteiger partial charge in [-0.3, -0.25) is 10.1 Å². The van der Waals surface area contributed by atoms with E-state index in [1.54, 1.807) is 12.1 Å². The fourth-order valence-electron chi connectivity index (χ4n) is 1.16. The molecule has 4 nitrogen and oxygen atoms in total. The molecule has 0 radical (unpaired) electrons. The Morgan fingerprint density at radius 2 is 2.29 bits per heavy atom. The van der Waals surface area contributed by atoms with Gasteiger partial charge in [-0.15, -0.1) is 0 Å². The van der Waals surface area contributed by atoms with Crippen molar-refractivity contribution in [2.45, 2.75) is 19.4 Å². The van der Waals surface area contributed by atoms with Crippen molar-refractivity contribution >= 4 is 28.3 Å². The van der Waals surface area contributed by atoms with Crippen LogP contribution in [0.1, 0.15) is 12.5 Å². The molecular formula is C9H11IN2O2. The topological polar surface area (TPSA) is 69.2 Å². The molecule has 1 unspecified atom stereocenters. The minimum Gasteiger partial charge on any atom is -0.328 e. The number of nitro groups is 1. The van der Waals surface area contributed by atoms with Crippen LogP contribution in [-0.2, 0) is 6.42 Å². The predicted molar refractivity (Wildman–Crippen MR) is 63.2 cm³/mol. The average Bonchev–Trinajstić information content (AvgIpc) is 2.07. The van der Waals surface area contributed by atoms with Crippen LogP contribution in [-0.4, -0.2) is 11.0 Å². The van der Waals surface area contributed by atoms with Gasteiger partial charge in [0.2, 0.25) is 0 Å². The van der Waals surface area contributed by atoms with E-state index in [0.717, 1.165) is 15.6 Å². The molecule has 0 amide bonds. The van der Waals surface area contributed by atoms with Gasteiger partial charge in [0.25, 0.3) is 5.69 Å². The van der Waals surface area contributed by atoms with Crippen LogP contribution in [0.25, 0.3) is 0 Å². The second-order valence-electron chi connectivity index (χ2n) is 3.21. The van der Waals surface area contributed by atoms with Crippen LogP contribution in [0.5, 0.6) is 0 Å². The summed E-state index contributed by atoms with van der Waals surface area (Å²) < 4.78 is 0.897. The van der Waals surface area contributed by atoms with Gasteiger partial charge in [-0.05, 0) is 41.5 Å². The van der Waals surface area contributed by atoms with Crippen LogP contribution in [0.4, 0.5) is 5.69 Å². The molecule has 0 spiro atoms. The Kier molecular flexibility index (Phi) is 3.82. The molecule has 1 aromatic carbocycles. The average molecular weight is 306 g/mol. The first-order valence-electron chi connectivity index (χ1n) is 4.19. The second kappa shape index (κ2) is 4.70. The van der Waals surface area contributed by atoms with Gasteiger partial charge in [-0.1, -0.05) is 6.07 Å². The number of nitrogens with two attached hydrogens (primary N) is 1. The third kappa shape index (κ3) is 2.91. The Labute approximate surface area is 95.8 Å². The van der Waals surface area contributed by atoms with Gasteiger partial charge in [-0.2, -0.15) is 0 Å². The number of benzene rings is 1. The zero-order valence-corrected chi connectivity index (χ0v) is 9.89. The molecule has 14 heavy (non-hydrogen) atoms. The lowest BCUT2D eigenvalue weighted by molar-refractivity contribution is -0.385. The number of hydrogen-bond donors (Lipinski definition) is 1. The van der Waals surface area contributed by atoms with Crippen LogP contribution in [0.2, 0.25) is 0 Å². The van der Waals surface area contributed by atoms with Crippen molar-refractivity contribution < 1.29 is 4.92 Å². The van der Waals surface area contributed by atoms with Gasteiger partial charge >= 0.3 is 0 Å². The maximum Gasteiger partial charge on any atom is 0.270 e. The van der Waals surface area contributed by atoms with E-state index < -0.39 is 4.92 Å². The molecule has 1 atom stereocenters. The molecule has 0 bridgehead atoms. The first-order chi connectivity index (χ1) is 6.50. The molecule has 0 heterocycles. The molecule has 0 saturated heterocycles.